The Kier molecular flexibility index (Phi) is 8.19. The van der Waals surface area contributed by atoms with Crippen LogP contribution >= 0.6 is 0 Å². The van der Waals surface area contributed by atoms with Gasteiger partial charge in [0.25, 0.3) is 0 Å². The summed E-state index contributed by atoms with van der Waals surface area (Å²) in [5, 5.41) is 6.62. The van der Waals surface area contributed by atoms with Crippen molar-refractivity contribution in [1.29, 1.82) is 0 Å². The fourth-order valence-corrected chi connectivity index (χ4v) is 4.39. The number of guanidine groups is 1. The molecule has 0 aliphatic carbocycles. The van der Waals surface area contributed by atoms with Gasteiger partial charge in [-0.2, -0.15) is 0 Å². The molecule has 0 spiro atoms. The molecule has 0 saturated carbocycles. The number of nitrogens with zero attached hydrogens (tertiary/aromatic N) is 3. The van der Waals surface area contributed by atoms with E-state index in [1.165, 1.54) is 24.5 Å². The molecule has 0 atom stereocenters. The lowest BCUT2D eigenvalue weighted by Crippen LogP contribution is -2.49. The number of benzene rings is 1. The van der Waals surface area contributed by atoms with Gasteiger partial charge < -0.3 is 15.5 Å². The molecular weight excluding hydrogens is 419 g/mol. The predicted molar refractivity (Wildman–Crippen MR) is 120 cm³/mol. The summed E-state index contributed by atoms with van der Waals surface area (Å²) >= 11 is 0. The Hall–Kier alpha value is -2.72. The van der Waals surface area contributed by atoms with Crippen LogP contribution in [0.1, 0.15) is 19.8 Å². The van der Waals surface area contributed by atoms with E-state index in [9.17, 15) is 12.8 Å². The second-order valence-corrected chi connectivity index (χ2v) is 9.00. The van der Waals surface area contributed by atoms with Crippen LogP contribution in [0, 0.1) is 5.82 Å². The van der Waals surface area contributed by atoms with Crippen LogP contribution < -0.4 is 20.3 Å². The first-order valence-electron chi connectivity index (χ1n) is 10.4. The van der Waals surface area contributed by atoms with Crippen molar-refractivity contribution in [3.63, 3.8) is 0 Å². The Bertz CT molecular complexity index is 963. The van der Waals surface area contributed by atoms with Crippen molar-refractivity contribution >= 4 is 21.7 Å². The van der Waals surface area contributed by atoms with Crippen LogP contribution in [0.2, 0.25) is 0 Å². The van der Waals surface area contributed by atoms with E-state index in [1.54, 1.807) is 18.2 Å². The third-order valence-corrected chi connectivity index (χ3v) is 6.42. The monoisotopic (exact) mass is 448 g/mol. The van der Waals surface area contributed by atoms with Crippen molar-refractivity contribution in [2.45, 2.75) is 30.7 Å². The van der Waals surface area contributed by atoms with Crippen LogP contribution in [-0.2, 0) is 10.0 Å². The largest absolute Gasteiger partial charge is 0.371 e. The summed E-state index contributed by atoms with van der Waals surface area (Å²) in [6.45, 7) is 4.82. The Morgan fingerprint density at radius 2 is 2.06 bits per heavy atom. The van der Waals surface area contributed by atoms with E-state index in [0.29, 0.717) is 19.0 Å². The summed E-state index contributed by atoms with van der Waals surface area (Å²) in [6.07, 6.45) is 4.64. The number of sulfonamides is 1. The molecule has 10 heteroatoms. The number of pyridine rings is 1. The zero-order valence-electron chi connectivity index (χ0n) is 17.6. The molecule has 3 rings (SSSR count). The van der Waals surface area contributed by atoms with Crippen LogP contribution in [0.4, 0.5) is 10.1 Å². The third-order valence-electron chi connectivity index (χ3n) is 4.97. The van der Waals surface area contributed by atoms with Crippen molar-refractivity contribution in [3.8, 4) is 0 Å². The van der Waals surface area contributed by atoms with E-state index >= 15 is 0 Å². The van der Waals surface area contributed by atoms with Gasteiger partial charge in [0.15, 0.2) is 5.96 Å². The maximum absolute atomic E-state index is 13.5. The van der Waals surface area contributed by atoms with Gasteiger partial charge in [-0.1, -0.05) is 6.07 Å². The van der Waals surface area contributed by atoms with E-state index in [4.69, 9.17) is 0 Å². The summed E-state index contributed by atoms with van der Waals surface area (Å²) in [4.78, 5) is 10.6. The molecule has 1 aliphatic heterocycles. The molecule has 0 bridgehead atoms. The number of aliphatic imine (C=N–C) groups is 1. The Balaban J connectivity index is 1.48. The number of piperidine rings is 1. The fourth-order valence-electron chi connectivity index (χ4n) is 3.41. The Morgan fingerprint density at radius 1 is 1.26 bits per heavy atom. The normalized spacial score (nSPS) is 15.7. The molecule has 2 aromatic rings. The van der Waals surface area contributed by atoms with Gasteiger partial charge in [-0.3, -0.25) is 9.98 Å². The molecule has 3 N–H and O–H groups in total. The van der Waals surface area contributed by atoms with Gasteiger partial charge in [0.1, 0.15) is 10.7 Å². The van der Waals surface area contributed by atoms with Gasteiger partial charge in [-0.25, -0.2) is 17.5 Å². The highest BCUT2D eigenvalue weighted by Crippen LogP contribution is 2.20. The lowest BCUT2D eigenvalue weighted by molar-refractivity contribution is 0.461. The van der Waals surface area contributed by atoms with Gasteiger partial charge >= 0.3 is 0 Å². The second-order valence-electron chi connectivity index (χ2n) is 7.23. The van der Waals surface area contributed by atoms with E-state index < -0.39 is 10.0 Å². The molecular formula is C21H29FN6O2S. The molecule has 168 valence electrons. The highest BCUT2D eigenvalue weighted by atomic mass is 32.2. The summed E-state index contributed by atoms with van der Waals surface area (Å²) < 4.78 is 40.5. The number of hydrogen-bond acceptors (Lipinski definition) is 5. The molecule has 0 amide bonds. The first kappa shape index (κ1) is 23.0. The summed E-state index contributed by atoms with van der Waals surface area (Å²) in [5.41, 5.74) is 0.903. The van der Waals surface area contributed by atoms with Crippen LogP contribution in [0.15, 0.2) is 58.7 Å². The average molecular weight is 449 g/mol. The summed E-state index contributed by atoms with van der Waals surface area (Å²) in [6, 6.07) is 10.00. The highest BCUT2D eigenvalue weighted by molar-refractivity contribution is 7.89. The van der Waals surface area contributed by atoms with Gasteiger partial charge in [0.05, 0.1) is 6.54 Å². The molecule has 1 aromatic heterocycles. The summed E-state index contributed by atoms with van der Waals surface area (Å²) in [7, 11) is -3.59. The van der Waals surface area contributed by atoms with Crippen molar-refractivity contribution in [1.82, 2.24) is 20.3 Å². The highest BCUT2D eigenvalue weighted by Gasteiger charge is 2.20. The van der Waals surface area contributed by atoms with Gasteiger partial charge in [-0.05, 0) is 50.1 Å². The molecule has 1 aliphatic rings. The van der Waals surface area contributed by atoms with E-state index in [0.717, 1.165) is 31.6 Å². The Morgan fingerprint density at radius 3 is 2.74 bits per heavy atom. The van der Waals surface area contributed by atoms with Crippen LogP contribution in [0.5, 0.6) is 0 Å². The van der Waals surface area contributed by atoms with Crippen molar-refractivity contribution in [2.75, 3.05) is 37.6 Å². The van der Waals surface area contributed by atoms with E-state index in [-0.39, 0.29) is 23.3 Å². The van der Waals surface area contributed by atoms with Crippen LogP contribution in [0.3, 0.4) is 0 Å². The maximum atomic E-state index is 13.5. The molecule has 0 radical (unpaired) electrons. The number of aromatic nitrogens is 1. The molecule has 1 fully saturated rings. The summed E-state index contributed by atoms with van der Waals surface area (Å²) in [5.74, 6) is 0.436. The minimum Gasteiger partial charge on any atom is -0.371 e. The second kappa shape index (κ2) is 11.1. The maximum Gasteiger partial charge on any atom is 0.242 e. The molecule has 2 heterocycles. The van der Waals surface area contributed by atoms with Crippen LogP contribution in [-0.4, -0.2) is 58.1 Å². The van der Waals surface area contributed by atoms with Gasteiger partial charge in [0.2, 0.25) is 10.0 Å². The molecule has 8 nitrogen and oxygen atoms in total. The first-order valence-corrected chi connectivity index (χ1v) is 11.9. The number of halogens is 1. The lowest BCUT2D eigenvalue weighted by atomic mass is 10.0. The number of nitrogens with one attached hydrogen (secondary N) is 3. The van der Waals surface area contributed by atoms with E-state index in [1.807, 2.05) is 13.0 Å². The predicted octanol–water partition coefficient (Wildman–Crippen LogP) is 1.72. The van der Waals surface area contributed by atoms with Gasteiger partial charge in [-0.15, -0.1) is 0 Å². The van der Waals surface area contributed by atoms with Crippen molar-refractivity contribution in [3.05, 3.63) is 54.6 Å². The molecule has 1 saturated heterocycles. The molecule has 1 aromatic carbocycles. The smallest absolute Gasteiger partial charge is 0.242 e. The SMILES string of the molecule is CCNC(=NCCNS(=O)(=O)c1cccnc1)NC1CCN(c2cccc(F)c2)CC1. The van der Waals surface area contributed by atoms with Crippen molar-refractivity contribution in [2.24, 2.45) is 4.99 Å². The average Bonchev–Trinajstić information content (AvgIpc) is 2.78. The zero-order chi connectivity index (χ0) is 22.1. The minimum absolute atomic E-state index is 0.133. The standard InChI is InChI=1S/C21H29FN6O2S/c1-2-24-21(25-11-12-26-31(29,30)20-7-4-10-23-16-20)27-18-8-13-28(14-9-18)19-6-3-5-17(22)15-19/h3-7,10,15-16,18,26H,2,8-9,11-14H2,1H3,(H2,24,25,27). The van der Waals surface area contributed by atoms with Gasteiger partial charge in [0, 0.05) is 50.3 Å². The number of rotatable bonds is 8. The quantitative estimate of drug-likeness (QED) is 0.323. The minimum atomic E-state index is -3.59. The Labute approximate surface area is 183 Å². The number of hydrogen-bond donors (Lipinski definition) is 3. The molecule has 0 unspecified atom stereocenters. The zero-order valence-corrected chi connectivity index (χ0v) is 18.4. The fraction of sp³-hybridized carbons (Fsp3) is 0.429. The first-order chi connectivity index (χ1) is 15.0. The van der Waals surface area contributed by atoms with Crippen molar-refractivity contribution < 1.29 is 12.8 Å². The molecule has 31 heavy (non-hydrogen) atoms. The van der Waals surface area contributed by atoms with Crippen LogP contribution in [0.25, 0.3) is 0 Å². The number of anilines is 1. The van der Waals surface area contributed by atoms with E-state index in [2.05, 4.69) is 30.2 Å². The topological polar surface area (TPSA) is 98.7 Å². The lowest BCUT2D eigenvalue weighted by Gasteiger charge is -2.34. The third kappa shape index (κ3) is 6.90.